The van der Waals surface area contributed by atoms with Gasteiger partial charge in [0.25, 0.3) is 10.1 Å². The molecule has 22 heavy (non-hydrogen) atoms. The van der Waals surface area contributed by atoms with Gasteiger partial charge in [0, 0.05) is 5.39 Å². The maximum Gasteiger partial charge on any atom is 0.297 e. The van der Waals surface area contributed by atoms with E-state index in [-0.39, 0.29) is 10.6 Å². The fourth-order valence-corrected chi connectivity index (χ4v) is 3.02. The Labute approximate surface area is 127 Å². The first-order chi connectivity index (χ1) is 10.6. The van der Waals surface area contributed by atoms with Crippen molar-refractivity contribution in [1.82, 2.24) is 0 Å². The molecular formula is C16H12N2O3S. The van der Waals surface area contributed by atoms with Gasteiger partial charge in [-0.15, -0.1) is 5.11 Å². The minimum atomic E-state index is -4.42. The van der Waals surface area contributed by atoms with Gasteiger partial charge in [0.2, 0.25) is 0 Å². The van der Waals surface area contributed by atoms with Crippen LogP contribution in [0.2, 0.25) is 0 Å². The lowest BCUT2D eigenvalue weighted by atomic mass is 10.1. The second-order valence-electron chi connectivity index (χ2n) is 4.65. The SMILES string of the molecule is O=S(=O)(O)c1c(/N=N/c2ccccc2)ccc2ccccc12. The van der Waals surface area contributed by atoms with E-state index in [1.807, 2.05) is 6.07 Å². The van der Waals surface area contributed by atoms with Gasteiger partial charge in [-0.05, 0) is 23.6 Å². The number of hydrogen-bond acceptors (Lipinski definition) is 4. The van der Waals surface area contributed by atoms with Crippen molar-refractivity contribution < 1.29 is 13.0 Å². The molecular weight excluding hydrogens is 300 g/mol. The Hall–Kier alpha value is -2.57. The Kier molecular flexibility index (Phi) is 3.70. The highest BCUT2D eigenvalue weighted by Gasteiger charge is 2.19. The quantitative estimate of drug-likeness (QED) is 0.571. The normalized spacial score (nSPS) is 12.0. The van der Waals surface area contributed by atoms with E-state index < -0.39 is 10.1 Å². The predicted molar refractivity (Wildman–Crippen MR) is 84.4 cm³/mol. The lowest BCUT2D eigenvalue weighted by Crippen LogP contribution is -1.99. The van der Waals surface area contributed by atoms with Gasteiger partial charge >= 0.3 is 0 Å². The Morgan fingerprint density at radius 2 is 1.45 bits per heavy atom. The smallest absolute Gasteiger partial charge is 0.282 e. The van der Waals surface area contributed by atoms with Gasteiger partial charge in [0.05, 0.1) is 5.69 Å². The number of hydrogen-bond donors (Lipinski definition) is 1. The molecule has 1 N–H and O–H groups in total. The van der Waals surface area contributed by atoms with Crippen molar-refractivity contribution >= 4 is 32.3 Å². The molecule has 0 unspecified atom stereocenters. The van der Waals surface area contributed by atoms with Gasteiger partial charge in [-0.1, -0.05) is 48.5 Å². The van der Waals surface area contributed by atoms with Crippen molar-refractivity contribution in [3.63, 3.8) is 0 Å². The average molecular weight is 312 g/mol. The number of azo groups is 1. The van der Waals surface area contributed by atoms with E-state index in [1.165, 1.54) is 6.07 Å². The lowest BCUT2D eigenvalue weighted by molar-refractivity contribution is 0.484. The van der Waals surface area contributed by atoms with Gasteiger partial charge < -0.3 is 0 Å². The summed E-state index contributed by atoms with van der Waals surface area (Å²) >= 11 is 0. The van der Waals surface area contributed by atoms with Gasteiger partial charge in [-0.2, -0.15) is 13.5 Å². The molecule has 6 heteroatoms. The van der Waals surface area contributed by atoms with Crippen LogP contribution in [0.25, 0.3) is 10.8 Å². The molecule has 0 heterocycles. The molecule has 0 atom stereocenters. The summed E-state index contributed by atoms with van der Waals surface area (Å²) in [6.45, 7) is 0. The first kappa shape index (κ1) is 14.4. The van der Waals surface area contributed by atoms with Gasteiger partial charge in [0.15, 0.2) is 0 Å². The number of nitrogens with zero attached hydrogens (tertiary/aromatic N) is 2. The number of fused-ring (bicyclic) bond motifs is 1. The molecule has 3 aromatic rings. The van der Waals surface area contributed by atoms with Crippen LogP contribution in [-0.4, -0.2) is 13.0 Å². The Balaban J connectivity index is 2.20. The second-order valence-corrected chi connectivity index (χ2v) is 6.00. The van der Waals surface area contributed by atoms with Crippen molar-refractivity contribution in [2.45, 2.75) is 4.90 Å². The maximum absolute atomic E-state index is 11.7. The molecule has 0 bridgehead atoms. The van der Waals surface area contributed by atoms with E-state index in [4.69, 9.17) is 0 Å². The van der Waals surface area contributed by atoms with E-state index in [9.17, 15) is 13.0 Å². The van der Waals surface area contributed by atoms with Crippen LogP contribution in [0.4, 0.5) is 11.4 Å². The van der Waals surface area contributed by atoms with Crippen LogP contribution >= 0.6 is 0 Å². The van der Waals surface area contributed by atoms with Crippen molar-refractivity contribution in [3.8, 4) is 0 Å². The molecule has 110 valence electrons. The van der Waals surface area contributed by atoms with Gasteiger partial charge in [-0.3, -0.25) is 4.55 Å². The molecule has 0 aliphatic carbocycles. The van der Waals surface area contributed by atoms with Crippen molar-refractivity contribution in [3.05, 3.63) is 66.7 Å². The molecule has 0 aromatic heterocycles. The predicted octanol–water partition coefficient (Wildman–Crippen LogP) is 4.50. The zero-order chi connectivity index (χ0) is 15.6. The summed E-state index contributed by atoms with van der Waals surface area (Å²) in [5.74, 6) is 0. The summed E-state index contributed by atoms with van der Waals surface area (Å²) in [6.07, 6.45) is 0. The summed E-state index contributed by atoms with van der Waals surface area (Å²) in [7, 11) is -4.42. The first-order valence-corrected chi connectivity index (χ1v) is 7.96. The topological polar surface area (TPSA) is 79.1 Å². The fraction of sp³-hybridized carbons (Fsp3) is 0. The Bertz CT molecular complexity index is 952. The Morgan fingerprint density at radius 3 is 2.18 bits per heavy atom. The molecule has 3 aromatic carbocycles. The van der Waals surface area contributed by atoms with E-state index in [0.29, 0.717) is 16.5 Å². The monoisotopic (exact) mass is 312 g/mol. The minimum absolute atomic E-state index is 0.102. The third-order valence-corrected chi connectivity index (χ3v) is 4.09. The summed E-state index contributed by atoms with van der Waals surface area (Å²) < 4.78 is 33.0. The fourth-order valence-electron chi connectivity index (χ4n) is 2.19. The molecule has 0 amide bonds. The third-order valence-electron chi connectivity index (χ3n) is 3.15. The zero-order valence-corrected chi connectivity index (χ0v) is 12.2. The van der Waals surface area contributed by atoms with Crippen molar-refractivity contribution in [2.24, 2.45) is 10.2 Å². The van der Waals surface area contributed by atoms with Crippen LogP contribution in [0.5, 0.6) is 0 Å². The van der Waals surface area contributed by atoms with Crippen LogP contribution in [0.3, 0.4) is 0 Å². The van der Waals surface area contributed by atoms with Crippen LogP contribution in [0.1, 0.15) is 0 Å². The highest BCUT2D eigenvalue weighted by atomic mass is 32.2. The minimum Gasteiger partial charge on any atom is -0.282 e. The molecule has 5 nitrogen and oxygen atoms in total. The highest BCUT2D eigenvalue weighted by Crippen LogP contribution is 2.33. The summed E-state index contributed by atoms with van der Waals surface area (Å²) in [5.41, 5.74) is 0.696. The average Bonchev–Trinajstić information content (AvgIpc) is 2.52. The molecule has 0 spiro atoms. The van der Waals surface area contributed by atoms with E-state index in [1.54, 1.807) is 54.6 Å². The molecule has 0 aliphatic rings. The molecule has 0 fully saturated rings. The largest absolute Gasteiger partial charge is 0.297 e. The van der Waals surface area contributed by atoms with Crippen molar-refractivity contribution in [2.75, 3.05) is 0 Å². The van der Waals surface area contributed by atoms with Crippen molar-refractivity contribution in [1.29, 1.82) is 0 Å². The lowest BCUT2D eigenvalue weighted by Gasteiger charge is -2.06. The molecule has 3 rings (SSSR count). The van der Waals surface area contributed by atoms with Crippen LogP contribution in [0.15, 0.2) is 81.9 Å². The number of rotatable bonds is 3. The van der Waals surface area contributed by atoms with E-state index in [0.717, 1.165) is 0 Å². The molecule has 0 radical (unpaired) electrons. The summed E-state index contributed by atoms with van der Waals surface area (Å²) in [5, 5.41) is 9.10. The zero-order valence-electron chi connectivity index (χ0n) is 11.4. The maximum atomic E-state index is 11.7. The second kappa shape index (κ2) is 5.67. The number of benzene rings is 3. The highest BCUT2D eigenvalue weighted by molar-refractivity contribution is 7.86. The Morgan fingerprint density at radius 1 is 0.773 bits per heavy atom. The van der Waals surface area contributed by atoms with Gasteiger partial charge in [0.1, 0.15) is 10.6 Å². The molecule has 0 saturated carbocycles. The van der Waals surface area contributed by atoms with Crippen LogP contribution < -0.4 is 0 Å². The van der Waals surface area contributed by atoms with Gasteiger partial charge in [-0.25, -0.2) is 0 Å². The summed E-state index contributed by atoms with van der Waals surface area (Å²) in [4.78, 5) is -0.231. The summed E-state index contributed by atoms with van der Waals surface area (Å²) in [6, 6.07) is 19.1. The third kappa shape index (κ3) is 2.88. The van der Waals surface area contributed by atoms with Crippen LogP contribution in [0, 0.1) is 0 Å². The van der Waals surface area contributed by atoms with E-state index >= 15 is 0 Å². The molecule has 0 saturated heterocycles. The van der Waals surface area contributed by atoms with Crippen LogP contribution in [-0.2, 0) is 10.1 Å². The standard InChI is InChI=1S/C16H12N2O3S/c19-22(20,21)16-14-9-5-4-6-12(14)10-11-15(16)18-17-13-7-2-1-3-8-13/h1-11H,(H,19,20,21)/b18-17+. The molecule has 0 aliphatic heterocycles. The first-order valence-electron chi connectivity index (χ1n) is 6.52. The van der Waals surface area contributed by atoms with E-state index in [2.05, 4.69) is 10.2 Å².